The van der Waals surface area contributed by atoms with Gasteiger partial charge in [-0.3, -0.25) is 0 Å². The molecule has 2 amide bonds. The number of nitrogens with one attached hydrogen (secondary N) is 2. The lowest BCUT2D eigenvalue weighted by molar-refractivity contribution is 0.173. The molecule has 1 atom stereocenters. The highest BCUT2D eigenvalue weighted by Crippen LogP contribution is 2.15. The summed E-state index contributed by atoms with van der Waals surface area (Å²) < 4.78 is 0. The zero-order valence-corrected chi connectivity index (χ0v) is 13.3. The fourth-order valence-corrected chi connectivity index (χ4v) is 2.21. The minimum atomic E-state index is -0.788. The minimum Gasteiger partial charge on any atom is -0.508 e. The number of aliphatic hydroxyl groups excluding tert-OH is 1. The lowest BCUT2D eigenvalue weighted by atomic mass is 10.1. The van der Waals surface area contributed by atoms with Gasteiger partial charge in [-0.05, 0) is 41.8 Å². The first-order valence-electron chi connectivity index (χ1n) is 7.28. The van der Waals surface area contributed by atoms with Crippen LogP contribution in [0.5, 0.6) is 5.75 Å². The van der Waals surface area contributed by atoms with E-state index in [1.807, 2.05) is 6.07 Å². The molecule has 0 aliphatic heterocycles. The Morgan fingerprint density at radius 3 is 2.57 bits per heavy atom. The number of benzene rings is 2. The number of carbonyl (C=O) groups is 1. The molecule has 0 heterocycles. The van der Waals surface area contributed by atoms with Gasteiger partial charge in [0.2, 0.25) is 0 Å². The maximum Gasteiger partial charge on any atom is 0.314 e. The molecule has 0 spiro atoms. The summed E-state index contributed by atoms with van der Waals surface area (Å²) in [6.07, 6.45) is -0.175. The van der Waals surface area contributed by atoms with Gasteiger partial charge >= 0.3 is 6.03 Å². The molecule has 122 valence electrons. The van der Waals surface area contributed by atoms with Crippen molar-refractivity contribution in [2.24, 2.45) is 0 Å². The number of halogens is 1. The molecule has 2 aromatic carbocycles. The van der Waals surface area contributed by atoms with Crippen molar-refractivity contribution in [2.75, 3.05) is 13.1 Å². The number of hydrogen-bond acceptors (Lipinski definition) is 3. The van der Waals surface area contributed by atoms with Crippen LogP contribution in [0.1, 0.15) is 17.2 Å². The number of aliphatic hydroxyl groups is 1. The first-order chi connectivity index (χ1) is 11.0. The summed E-state index contributed by atoms with van der Waals surface area (Å²) in [6, 6.07) is 13.4. The van der Waals surface area contributed by atoms with E-state index in [-0.39, 0.29) is 18.3 Å². The minimum absolute atomic E-state index is 0.111. The maximum atomic E-state index is 11.7. The fraction of sp³-hybridized carbons (Fsp3) is 0.235. The van der Waals surface area contributed by atoms with E-state index in [4.69, 9.17) is 11.6 Å². The van der Waals surface area contributed by atoms with E-state index < -0.39 is 6.10 Å². The van der Waals surface area contributed by atoms with Crippen molar-refractivity contribution in [1.29, 1.82) is 0 Å². The molecule has 5 nitrogen and oxygen atoms in total. The average molecular weight is 335 g/mol. The Bertz CT molecular complexity index is 647. The van der Waals surface area contributed by atoms with Crippen LogP contribution in [-0.4, -0.2) is 29.3 Å². The van der Waals surface area contributed by atoms with E-state index in [1.165, 1.54) is 0 Å². The molecule has 0 saturated heterocycles. The van der Waals surface area contributed by atoms with Gasteiger partial charge in [-0.25, -0.2) is 4.79 Å². The quantitative estimate of drug-likeness (QED) is 0.655. The Kier molecular flexibility index (Phi) is 6.26. The number of hydrogen-bond donors (Lipinski definition) is 4. The smallest absolute Gasteiger partial charge is 0.314 e. The zero-order chi connectivity index (χ0) is 16.7. The van der Waals surface area contributed by atoms with E-state index >= 15 is 0 Å². The summed E-state index contributed by atoms with van der Waals surface area (Å²) in [4.78, 5) is 11.7. The normalized spacial score (nSPS) is 11.7. The molecule has 0 radical (unpaired) electrons. The Hall–Kier alpha value is -2.24. The van der Waals surface area contributed by atoms with Crippen molar-refractivity contribution < 1.29 is 15.0 Å². The second-order valence-corrected chi connectivity index (χ2v) is 5.56. The fourth-order valence-electron chi connectivity index (χ4n) is 2.09. The molecule has 0 bridgehead atoms. The molecular formula is C17H19ClN2O3. The molecule has 4 N–H and O–H groups in total. The number of carbonyl (C=O) groups excluding carboxylic acids is 1. The van der Waals surface area contributed by atoms with E-state index in [1.54, 1.807) is 42.5 Å². The highest BCUT2D eigenvalue weighted by molar-refractivity contribution is 6.30. The number of amides is 2. The van der Waals surface area contributed by atoms with Crippen molar-refractivity contribution in [3.8, 4) is 5.75 Å². The molecule has 0 aliphatic carbocycles. The molecule has 0 saturated carbocycles. The van der Waals surface area contributed by atoms with Gasteiger partial charge in [-0.1, -0.05) is 35.9 Å². The van der Waals surface area contributed by atoms with Crippen molar-refractivity contribution >= 4 is 17.6 Å². The average Bonchev–Trinajstić information content (AvgIpc) is 2.53. The highest BCUT2D eigenvalue weighted by Gasteiger charge is 2.09. The largest absolute Gasteiger partial charge is 0.508 e. The van der Waals surface area contributed by atoms with Crippen LogP contribution in [-0.2, 0) is 6.42 Å². The molecular weight excluding hydrogens is 316 g/mol. The van der Waals surface area contributed by atoms with Gasteiger partial charge in [0, 0.05) is 18.1 Å². The van der Waals surface area contributed by atoms with E-state index in [0.29, 0.717) is 23.6 Å². The number of phenols is 1. The third-order valence-corrected chi connectivity index (χ3v) is 3.57. The van der Waals surface area contributed by atoms with Crippen LogP contribution in [0, 0.1) is 0 Å². The predicted molar refractivity (Wildman–Crippen MR) is 89.6 cm³/mol. The molecule has 2 aromatic rings. The molecule has 0 aliphatic rings. The Balaban J connectivity index is 1.69. The number of phenolic OH excluding ortho intramolecular Hbond substituents is 1. The van der Waals surface area contributed by atoms with E-state index in [2.05, 4.69) is 10.6 Å². The third kappa shape index (κ3) is 5.81. The lowest BCUT2D eigenvalue weighted by Gasteiger charge is -2.13. The summed E-state index contributed by atoms with van der Waals surface area (Å²) in [7, 11) is 0. The Labute approximate surface area is 139 Å². The second-order valence-electron chi connectivity index (χ2n) is 5.12. The van der Waals surface area contributed by atoms with Crippen LogP contribution in [0.25, 0.3) is 0 Å². The lowest BCUT2D eigenvalue weighted by Crippen LogP contribution is -2.38. The molecule has 23 heavy (non-hydrogen) atoms. The van der Waals surface area contributed by atoms with E-state index in [0.717, 1.165) is 5.56 Å². The predicted octanol–water partition coefficient (Wildman–Crippen LogP) is 2.62. The molecule has 0 aromatic heterocycles. The van der Waals surface area contributed by atoms with Gasteiger partial charge in [0.05, 0.1) is 6.10 Å². The molecule has 2 rings (SSSR count). The van der Waals surface area contributed by atoms with Crippen molar-refractivity contribution in [2.45, 2.75) is 12.5 Å². The van der Waals surface area contributed by atoms with E-state index in [9.17, 15) is 15.0 Å². The van der Waals surface area contributed by atoms with Crippen LogP contribution in [0.2, 0.25) is 5.02 Å². The summed E-state index contributed by atoms with van der Waals surface area (Å²) in [5, 5.41) is 25.2. The number of rotatable bonds is 6. The Morgan fingerprint density at radius 2 is 1.87 bits per heavy atom. The highest BCUT2D eigenvalue weighted by atomic mass is 35.5. The summed E-state index contributed by atoms with van der Waals surface area (Å²) in [5.74, 6) is 0.207. The topological polar surface area (TPSA) is 81.6 Å². The monoisotopic (exact) mass is 334 g/mol. The van der Waals surface area contributed by atoms with Gasteiger partial charge in [0.25, 0.3) is 0 Å². The summed E-state index contributed by atoms with van der Waals surface area (Å²) in [6.45, 7) is 0.548. The van der Waals surface area contributed by atoms with Gasteiger partial charge in [0.1, 0.15) is 5.75 Å². The second kappa shape index (κ2) is 8.41. The third-order valence-electron chi connectivity index (χ3n) is 3.32. The van der Waals surface area contributed by atoms with Crippen LogP contribution in [0.3, 0.4) is 0 Å². The van der Waals surface area contributed by atoms with Gasteiger partial charge in [-0.2, -0.15) is 0 Å². The SMILES string of the molecule is O=C(NCCc1cccc(O)c1)NCC(O)c1ccc(Cl)cc1. The molecule has 0 fully saturated rings. The van der Waals surface area contributed by atoms with Gasteiger partial charge in [0.15, 0.2) is 0 Å². The van der Waals surface area contributed by atoms with Crippen LogP contribution < -0.4 is 10.6 Å². The van der Waals surface area contributed by atoms with Crippen LogP contribution >= 0.6 is 11.6 Å². The standard InChI is InChI=1S/C17H19ClN2O3/c18-14-6-4-13(5-7-14)16(22)11-20-17(23)19-9-8-12-2-1-3-15(21)10-12/h1-7,10,16,21-22H,8-9,11H2,(H2,19,20,23). The van der Waals surface area contributed by atoms with Gasteiger partial charge in [-0.15, -0.1) is 0 Å². The van der Waals surface area contributed by atoms with Crippen molar-refractivity contribution in [1.82, 2.24) is 10.6 Å². The summed E-state index contributed by atoms with van der Waals surface area (Å²) in [5.41, 5.74) is 1.63. The van der Waals surface area contributed by atoms with Gasteiger partial charge < -0.3 is 20.8 Å². The number of aromatic hydroxyl groups is 1. The molecule has 6 heteroatoms. The number of urea groups is 1. The Morgan fingerprint density at radius 1 is 1.13 bits per heavy atom. The van der Waals surface area contributed by atoms with Crippen molar-refractivity contribution in [3.05, 3.63) is 64.7 Å². The van der Waals surface area contributed by atoms with Crippen LogP contribution in [0.4, 0.5) is 4.79 Å². The first-order valence-corrected chi connectivity index (χ1v) is 7.65. The summed E-state index contributed by atoms with van der Waals surface area (Å²) >= 11 is 5.78. The van der Waals surface area contributed by atoms with Crippen molar-refractivity contribution in [3.63, 3.8) is 0 Å². The maximum absolute atomic E-state index is 11.7. The first kappa shape index (κ1) is 17.1. The zero-order valence-electron chi connectivity index (χ0n) is 12.5. The van der Waals surface area contributed by atoms with Crippen LogP contribution in [0.15, 0.2) is 48.5 Å². The molecule has 1 unspecified atom stereocenters.